The van der Waals surface area contributed by atoms with E-state index in [1.807, 2.05) is 24.3 Å². The number of aromatic amines is 2. The summed E-state index contributed by atoms with van der Waals surface area (Å²) < 4.78 is 0. The van der Waals surface area contributed by atoms with Gasteiger partial charge in [-0.2, -0.15) is 0 Å². The van der Waals surface area contributed by atoms with Gasteiger partial charge in [-0.3, -0.25) is 14.8 Å². The number of aryl methyl sites for hydroxylation is 2. The van der Waals surface area contributed by atoms with Gasteiger partial charge in [0.25, 0.3) is 0 Å². The first-order chi connectivity index (χ1) is 16.5. The van der Waals surface area contributed by atoms with E-state index in [0.29, 0.717) is 19.4 Å². The molecule has 0 atom stereocenters. The van der Waals surface area contributed by atoms with Gasteiger partial charge >= 0.3 is 0 Å². The van der Waals surface area contributed by atoms with Crippen molar-refractivity contribution in [3.8, 4) is 0 Å². The molecule has 2 amide bonds. The number of hydrogen-bond donors (Lipinski definition) is 5. The summed E-state index contributed by atoms with van der Waals surface area (Å²) in [5, 5.41) is 13.9. The van der Waals surface area contributed by atoms with Crippen LogP contribution < -0.4 is 10.8 Å². The molecule has 0 saturated heterocycles. The zero-order chi connectivity index (χ0) is 24.1. The molecule has 0 saturated carbocycles. The summed E-state index contributed by atoms with van der Waals surface area (Å²) in [6.07, 6.45) is 2.89. The van der Waals surface area contributed by atoms with Crippen molar-refractivity contribution in [2.24, 2.45) is 0 Å². The van der Waals surface area contributed by atoms with Crippen LogP contribution in [0.4, 0.5) is 0 Å². The van der Waals surface area contributed by atoms with Gasteiger partial charge in [0.15, 0.2) is 0 Å². The zero-order valence-corrected chi connectivity index (χ0v) is 19.7. The lowest BCUT2D eigenvalue weighted by atomic mass is 9.84. The number of carbonyl (C=O) groups is 2. The van der Waals surface area contributed by atoms with Crippen LogP contribution in [0.15, 0.2) is 48.5 Å². The fourth-order valence-corrected chi connectivity index (χ4v) is 4.97. The standard InChI is InChI=1S/C27H32N4O3/c1-17-26(19-10-5-7-12-22(19)29-17)21(27-18(2)30-23-13-8-6-11-20(23)27)16-25(33)28-15-9-3-4-14-24(32)31-34/h5-8,10-13,21,29-30,34H,3-4,9,14-16H2,1-2H3,(H,28,33)(H,31,32). The summed E-state index contributed by atoms with van der Waals surface area (Å²) >= 11 is 0. The summed E-state index contributed by atoms with van der Waals surface area (Å²) in [4.78, 5) is 31.2. The Balaban J connectivity index is 1.57. The average molecular weight is 461 g/mol. The van der Waals surface area contributed by atoms with Crippen LogP contribution in [0.1, 0.15) is 60.5 Å². The number of rotatable bonds is 10. The van der Waals surface area contributed by atoms with Gasteiger partial charge in [0.2, 0.25) is 11.8 Å². The number of amides is 2. The average Bonchev–Trinajstić information content (AvgIpc) is 3.34. The van der Waals surface area contributed by atoms with Gasteiger partial charge in [-0.05, 0) is 49.9 Å². The molecule has 7 heteroatoms. The number of fused-ring (bicyclic) bond motifs is 2. The second-order valence-corrected chi connectivity index (χ2v) is 8.87. The molecule has 7 nitrogen and oxygen atoms in total. The summed E-state index contributed by atoms with van der Waals surface area (Å²) in [5.74, 6) is -0.469. The van der Waals surface area contributed by atoms with Crippen molar-refractivity contribution in [1.29, 1.82) is 0 Å². The largest absolute Gasteiger partial charge is 0.358 e. The number of aromatic nitrogens is 2. The summed E-state index contributed by atoms with van der Waals surface area (Å²) in [5.41, 5.74) is 8.26. The minimum Gasteiger partial charge on any atom is -0.358 e. The summed E-state index contributed by atoms with van der Waals surface area (Å²) in [6.45, 7) is 4.71. The summed E-state index contributed by atoms with van der Waals surface area (Å²) in [7, 11) is 0. The molecule has 2 heterocycles. The topological polar surface area (TPSA) is 110 Å². The molecule has 4 aromatic rings. The molecular weight excluding hydrogens is 428 g/mol. The van der Waals surface area contributed by atoms with E-state index in [4.69, 9.17) is 5.21 Å². The van der Waals surface area contributed by atoms with Crippen LogP contribution in [-0.2, 0) is 9.59 Å². The molecule has 2 aromatic heterocycles. The van der Waals surface area contributed by atoms with Crippen molar-refractivity contribution in [2.45, 2.75) is 51.9 Å². The maximum Gasteiger partial charge on any atom is 0.243 e. The normalized spacial score (nSPS) is 11.4. The zero-order valence-electron chi connectivity index (χ0n) is 19.7. The lowest BCUT2D eigenvalue weighted by molar-refractivity contribution is -0.129. The highest BCUT2D eigenvalue weighted by Crippen LogP contribution is 2.40. The van der Waals surface area contributed by atoms with E-state index in [1.165, 1.54) is 0 Å². The molecule has 0 bridgehead atoms. The highest BCUT2D eigenvalue weighted by Gasteiger charge is 2.27. The molecule has 5 N–H and O–H groups in total. The van der Waals surface area contributed by atoms with E-state index in [1.54, 1.807) is 5.48 Å². The molecule has 0 aliphatic carbocycles. The fraction of sp³-hybridized carbons (Fsp3) is 0.333. The van der Waals surface area contributed by atoms with Gasteiger partial charge in [-0.15, -0.1) is 0 Å². The van der Waals surface area contributed by atoms with Crippen LogP contribution in [0.5, 0.6) is 0 Å². The lowest BCUT2D eigenvalue weighted by Crippen LogP contribution is -2.26. The summed E-state index contributed by atoms with van der Waals surface area (Å²) in [6, 6.07) is 16.5. The number of unbranched alkanes of at least 4 members (excludes halogenated alkanes) is 2. The van der Waals surface area contributed by atoms with E-state index in [2.05, 4.69) is 53.4 Å². The van der Waals surface area contributed by atoms with E-state index < -0.39 is 0 Å². The highest BCUT2D eigenvalue weighted by atomic mass is 16.5. The maximum absolute atomic E-state index is 13.1. The number of carbonyl (C=O) groups excluding carboxylic acids is 2. The van der Waals surface area contributed by atoms with Crippen molar-refractivity contribution in [2.75, 3.05) is 6.54 Å². The number of hydrogen-bond acceptors (Lipinski definition) is 3. The van der Waals surface area contributed by atoms with Crippen molar-refractivity contribution < 1.29 is 14.8 Å². The van der Waals surface area contributed by atoms with Gasteiger partial charge in [0, 0.05) is 58.5 Å². The molecule has 0 unspecified atom stereocenters. The van der Waals surface area contributed by atoms with Crippen LogP contribution in [0.2, 0.25) is 0 Å². The molecular formula is C27H32N4O3. The minimum atomic E-state index is -0.380. The molecule has 34 heavy (non-hydrogen) atoms. The van der Waals surface area contributed by atoms with Gasteiger partial charge in [0.05, 0.1) is 0 Å². The number of hydroxylamine groups is 1. The first-order valence-electron chi connectivity index (χ1n) is 11.8. The Hall–Kier alpha value is -3.58. The molecule has 0 fully saturated rings. The van der Waals surface area contributed by atoms with Gasteiger partial charge < -0.3 is 15.3 Å². The number of nitrogens with one attached hydrogen (secondary N) is 4. The number of benzene rings is 2. The van der Waals surface area contributed by atoms with Crippen molar-refractivity contribution in [3.63, 3.8) is 0 Å². The van der Waals surface area contributed by atoms with Crippen molar-refractivity contribution in [3.05, 3.63) is 71.0 Å². The molecule has 0 aliphatic heterocycles. The maximum atomic E-state index is 13.1. The minimum absolute atomic E-state index is 0.00691. The molecule has 0 spiro atoms. The second kappa shape index (κ2) is 10.6. The third kappa shape index (κ3) is 4.99. The van der Waals surface area contributed by atoms with Gasteiger partial charge in [-0.25, -0.2) is 5.48 Å². The molecule has 0 radical (unpaired) electrons. The quantitative estimate of drug-likeness (QED) is 0.131. The number of para-hydroxylation sites is 2. The predicted octanol–water partition coefficient (Wildman–Crippen LogP) is 4.97. The van der Waals surface area contributed by atoms with Crippen LogP contribution in [-0.4, -0.2) is 33.5 Å². The Morgan fingerprint density at radius 1 is 0.824 bits per heavy atom. The fourth-order valence-electron chi connectivity index (χ4n) is 4.97. The highest BCUT2D eigenvalue weighted by molar-refractivity contribution is 5.91. The SMILES string of the molecule is Cc1[nH]c2ccccc2c1C(CC(=O)NCCCCCC(=O)NO)c1c(C)[nH]c2ccccc12. The first kappa shape index (κ1) is 23.6. The lowest BCUT2D eigenvalue weighted by Gasteiger charge is -2.19. The Bertz CT molecular complexity index is 1220. The van der Waals surface area contributed by atoms with Crippen molar-refractivity contribution in [1.82, 2.24) is 20.8 Å². The van der Waals surface area contributed by atoms with E-state index in [0.717, 1.165) is 57.2 Å². The van der Waals surface area contributed by atoms with Crippen LogP contribution >= 0.6 is 0 Å². The molecule has 4 rings (SSSR count). The van der Waals surface area contributed by atoms with Crippen molar-refractivity contribution >= 4 is 33.6 Å². The third-order valence-corrected chi connectivity index (χ3v) is 6.50. The van der Waals surface area contributed by atoms with Crippen LogP contribution in [0.3, 0.4) is 0 Å². The Morgan fingerprint density at radius 3 is 1.94 bits per heavy atom. The van der Waals surface area contributed by atoms with Gasteiger partial charge in [-0.1, -0.05) is 42.8 Å². The Morgan fingerprint density at radius 2 is 1.38 bits per heavy atom. The second-order valence-electron chi connectivity index (χ2n) is 8.87. The van der Waals surface area contributed by atoms with Crippen LogP contribution in [0, 0.1) is 13.8 Å². The smallest absolute Gasteiger partial charge is 0.243 e. The van der Waals surface area contributed by atoms with E-state index >= 15 is 0 Å². The monoisotopic (exact) mass is 460 g/mol. The Labute approximate surface area is 198 Å². The van der Waals surface area contributed by atoms with Gasteiger partial charge in [0.1, 0.15) is 0 Å². The number of H-pyrrole nitrogens is 2. The molecule has 0 aliphatic rings. The Kier molecular flexibility index (Phi) is 7.33. The van der Waals surface area contributed by atoms with Crippen LogP contribution in [0.25, 0.3) is 21.8 Å². The van der Waals surface area contributed by atoms with E-state index in [9.17, 15) is 9.59 Å². The van der Waals surface area contributed by atoms with E-state index in [-0.39, 0.29) is 24.2 Å². The first-order valence-corrected chi connectivity index (χ1v) is 11.8. The molecule has 178 valence electrons. The molecule has 2 aromatic carbocycles. The third-order valence-electron chi connectivity index (χ3n) is 6.50. The predicted molar refractivity (Wildman–Crippen MR) is 134 cm³/mol.